The minimum Gasteiger partial charge on any atom is -0.488 e. The lowest BCUT2D eigenvalue weighted by Crippen LogP contribution is -2.41. The van der Waals surface area contributed by atoms with Crippen molar-refractivity contribution in [3.8, 4) is 5.75 Å². The van der Waals surface area contributed by atoms with Crippen LogP contribution in [0, 0.1) is 0 Å². The quantitative estimate of drug-likeness (QED) is 0.911. The number of alkyl halides is 3. The van der Waals surface area contributed by atoms with Crippen molar-refractivity contribution in [2.24, 2.45) is 0 Å². The van der Waals surface area contributed by atoms with E-state index in [1.54, 1.807) is 0 Å². The Bertz CT molecular complexity index is 481. The Morgan fingerprint density at radius 1 is 1.14 bits per heavy atom. The summed E-state index contributed by atoms with van der Waals surface area (Å²) in [5.41, 5.74) is -0.769. The molecule has 2 heterocycles. The molecule has 1 aromatic rings. The maximum absolute atomic E-state index is 12.5. The Kier molecular flexibility index (Phi) is 3.84. The molecule has 2 aliphatic heterocycles. The van der Waals surface area contributed by atoms with Gasteiger partial charge in [0.2, 0.25) is 0 Å². The molecule has 2 saturated heterocycles. The summed E-state index contributed by atoms with van der Waals surface area (Å²) < 4.78 is 49.1. The number of benzene rings is 1. The molecule has 2 fully saturated rings. The number of piperidine rings is 1. The smallest absolute Gasteiger partial charge is 0.416 e. The van der Waals surface area contributed by atoms with Gasteiger partial charge in [0.25, 0.3) is 0 Å². The van der Waals surface area contributed by atoms with Gasteiger partial charge in [-0.3, -0.25) is 0 Å². The molecule has 3 rings (SSSR count). The van der Waals surface area contributed by atoms with E-state index in [4.69, 9.17) is 9.47 Å². The van der Waals surface area contributed by atoms with Gasteiger partial charge in [-0.25, -0.2) is 0 Å². The zero-order valence-electron chi connectivity index (χ0n) is 11.6. The van der Waals surface area contributed by atoms with Crippen LogP contribution in [0.15, 0.2) is 24.3 Å². The fourth-order valence-corrected chi connectivity index (χ4v) is 3.02. The molecule has 0 aromatic heterocycles. The minimum atomic E-state index is -4.31. The van der Waals surface area contributed by atoms with Crippen molar-refractivity contribution in [3.05, 3.63) is 29.8 Å². The standard InChI is InChI=1S/C15H18F3NO2/c16-15(17,18)11-1-3-12(4-2-11)21-13-9-14(20-10-13)5-7-19-8-6-14/h1-4,13,19H,5-10H2. The Labute approximate surface area is 121 Å². The van der Waals surface area contributed by atoms with Gasteiger partial charge in [0.1, 0.15) is 11.9 Å². The molecular weight excluding hydrogens is 283 g/mol. The Morgan fingerprint density at radius 2 is 1.81 bits per heavy atom. The summed E-state index contributed by atoms with van der Waals surface area (Å²) in [5.74, 6) is 0.461. The summed E-state index contributed by atoms with van der Waals surface area (Å²) in [4.78, 5) is 0. The van der Waals surface area contributed by atoms with Crippen LogP contribution in [-0.4, -0.2) is 31.4 Å². The van der Waals surface area contributed by atoms with E-state index in [0.29, 0.717) is 12.4 Å². The van der Waals surface area contributed by atoms with Crippen molar-refractivity contribution in [2.75, 3.05) is 19.7 Å². The van der Waals surface area contributed by atoms with Gasteiger partial charge in [-0.15, -0.1) is 0 Å². The van der Waals surface area contributed by atoms with E-state index < -0.39 is 11.7 Å². The van der Waals surface area contributed by atoms with Crippen LogP contribution in [-0.2, 0) is 10.9 Å². The number of nitrogens with one attached hydrogen (secondary N) is 1. The van der Waals surface area contributed by atoms with Crippen molar-refractivity contribution in [2.45, 2.75) is 37.1 Å². The van der Waals surface area contributed by atoms with Crippen molar-refractivity contribution in [1.29, 1.82) is 0 Å². The molecule has 3 nitrogen and oxygen atoms in total. The Hall–Kier alpha value is -1.27. The molecule has 21 heavy (non-hydrogen) atoms. The number of ether oxygens (including phenoxy) is 2. The van der Waals surface area contributed by atoms with Crippen molar-refractivity contribution in [1.82, 2.24) is 5.32 Å². The minimum absolute atomic E-state index is 0.0835. The van der Waals surface area contributed by atoms with Gasteiger partial charge in [0, 0.05) is 6.42 Å². The maximum Gasteiger partial charge on any atom is 0.416 e. The molecule has 116 valence electrons. The van der Waals surface area contributed by atoms with E-state index in [2.05, 4.69) is 5.32 Å². The predicted octanol–water partition coefficient (Wildman–Crippen LogP) is 3.00. The molecule has 1 atom stereocenters. The normalized spacial score (nSPS) is 25.2. The maximum atomic E-state index is 12.5. The van der Waals surface area contributed by atoms with Crippen molar-refractivity contribution < 1.29 is 22.6 Å². The number of hydrogen-bond acceptors (Lipinski definition) is 3. The van der Waals surface area contributed by atoms with E-state index in [0.717, 1.165) is 44.5 Å². The van der Waals surface area contributed by atoms with Crippen LogP contribution in [0.25, 0.3) is 0 Å². The first-order valence-electron chi connectivity index (χ1n) is 7.16. The lowest BCUT2D eigenvalue weighted by Gasteiger charge is -2.32. The summed E-state index contributed by atoms with van der Waals surface area (Å²) in [6, 6.07) is 4.84. The predicted molar refractivity (Wildman–Crippen MR) is 71.3 cm³/mol. The highest BCUT2D eigenvalue weighted by Crippen LogP contribution is 2.36. The molecule has 0 bridgehead atoms. The van der Waals surface area contributed by atoms with Gasteiger partial charge in [0.15, 0.2) is 0 Å². The fourth-order valence-electron chi connectivity index (χ4n) is 3.02. The second kappa shape index (κ2) is 5.50. The Balaban J connectivity index is 1.60. The molecule has 1 N–H and O–H groups in total. The van der Waals surface area contributed by atoms with Crippen LogP contribution in [0.1, 0.15) is 24.8 Å². The summed E-state index contributed by atoms with van der Waals surface area (Å²) in [6.45, 7) is 2.38. The molecule has 6 heteroatoms. The first-order chi connectivity index (χ1) is 9.97. The van der Waals surface area contributed by atoms with Gasteiger partial charge >= 0.3 is 6.18 Å². The first kappa shape index (κ1) is 14.7. The third-order valence-corrected chi connectivity index (χ3v) is 4.17. The number of halogens is 3. The van der Waals surface area contributed by atoms with Crippen LogP contribution in [0.2, 0.25) is 0 Å². The number of hydrogen-bond donors (Lipinski definition) is 1. The molecular formula is C15H18F3NO2. The topological polar surface area (TPSA) is 30.5 Å². The highest BCUT2D eigenvalue weighted by atomic mass is 19.4. The van der Waals surface area contributed by atoms with E-state index in [9.17, 15) is 13.2 Å². The second-order valence-corrected chi connectivity index (χ2v) is 5.71. The van der Waals surface area contributed by atoms with Gasteiger partial charge in [-0.2, -0.15) is 13.2 Å². The van der Waals surface area contributed by atoms with Crippen LogP contribution in [0.5, 0.6) is 5.75 Å². The third kappa shape index (κ3) is 3.32. The van der Waals surface area contributed by atoms with Crippen molar-refractivity contribution in [3.63, 3.8) is 0 Å². The van der Waals surface area contributed by atoms with Gasteiger partial charge in [-0.1, -0.05) is 0 Å². The molecule has 0 aliphatic carbocycles. The van der Waals surface area contributed by atoms with Crippen molar-refractivity contribution >= 4 is 0 Å². The Morgan fingerprint density at radius 3 is 2.43 bits per heavy atom. The van der Waals surface area contributed by atoms with Gasteiger partial charge in [0.05, 0.1) is 17.8 Å². The molecule has 2 aliphatic rings. The van der Waals surface area contributed by atoms with Crippen LogP contribution in [0.4, 0.5) is 13.2 Å². The molecule has 1 unspecified atom stereocenters. The summed E-state index contributed by atoms with van der Waals surface area (Å²) in [6.07, 6.45) is -1.68. The lowest BCUT2D eigenvalue weighted by atomic mass is 9.89. The zero-order valence-corrected chi connectivity index (χ0v) is 11.6. The highest BCUT2D eigenvalue weighted by Gasteiger charge is 2.42. The van der Waals surface area contributed by atoms with Crippen LogP contribution >= 0.6 is 0 Å². The molecule has 0 amide bonds. The summed E-state index contributed by atoms with van der Waals surface area (Å²) in [7, 11) is 0. The van der Waals surface area contributed by atoms with E-state index >= 15 is 0 Å². The van der Waals surface area contributed by atoms with E-state index in [1.807, 2.05) is 0 Å². The van der Waals surface area contributed by atoms with E-state index in [-0.39, 0.29) is 11.7 Å². The second-order valence-electron chi connectivity index (χ2n) is 5.71. The fraction of sp³-hybridized carbons (Fsp3) is 0.600. The number of rotatable bonds is 2. The largest absolute Gasteiger partial charge is 0.488 e. The molecule has 1 spiro atoms. The SMILES string of the molecule is FC(F)(F)c1ccc(OC2COC3(CCNCC3)C2)cc1. The third-order valence-electron chi connectivity index (χ3n) is 4.17. The summed E-state index contributed by atoms with van der Waals surface area (Å²) in [5, 5.41) is 3.29. The average Bonchev–Trinajstić information content (AvgIpc) is 2.82. The lowest BCUT2D eigenvalue weighted by molar-refractivity contribution is -0.137. The summed E-state index contributed by atoms with van der Waals surface area (Å²) >= 11 is 0. The van der Waals surface area contributed by atoms with Gasteiger partial charge < -0.3 is 14.8 Å². The molecule has 0 saturated carbocycles. The zero-order chi connectivity index (χ0) is 14.9. The van der Waals surface area contributed by atoms with Crippen LogP contribution in [0.3, 0.4) is 0 Å². The molecule has 1 aromatic carbocycles. The van der Waals surface area contributed by atoms with Gasteiger partial charge in [-0.05, 0) is 50.2 Å². The van der Waals surface area contributed by atoms with E-state index in [1.165, 1.54) is 12.1 Å². The van der Waals surface area contributed by atoms with Crippen LogP contribution < -0.4 is 10.1 Å². The average molecular weight is 301 g/mol. The first-order valence-corrected chi connectivity index (χ1v) is 7.16. The monoisotopic (exact) mass is 301 g/mol. The highest BCUT2D eigenvalue weighted by molar-refractivity contribution is 5.29. The molecule has 0 radical (unpaired) electrons.